The molecular weight excluding hydrogens is 278 g/mol. The second-order valence-corrected chi connectivity index (χ2v) is 7.39. The number of fused-ring (bicyclic) bond motifs is 6. The first-order valence-corrected chi connectivity index (χ1v) is 8.60. The number of hydrogen-bond donors (Lipinski definition) is 0. The minimum Gasteiger partial charge on any atom is -0.372 e. The van der Waals surface area contributed by atoms with Crippen LogP contribution in [0.4, 0.5) is 0 Å². The molecule has 0 atom stereocenters. The highest BCUT2D eigenvalue weighted by Gasteiger charge is 2.43. The summed E-state index contributed by atoms with van der Waals surface area (Å²) in [5, 5.41) is 0.990. The smallest absolute Gasteiger partial charge is 0.372 e. The summed E-state index contributed by atoms with van der Waals surface area (Å²) in [5.41, 5.74) is 0. The molecule has 15 heavy (non-hydrogen) atoms. The van der Waals surface area contributed by atoms with Crippen LogP contribution < -0.4 is 0 Å². The molecule has 0 unspecified atom stereocenters. The molecular formula is C9H18BrNO3Si. The molecule has 3 aliphatic heterocycles. The zero-order chi connectivity index (χ0) is 10.6. The van der Waals surface area contributed by atoms with E-state index >= 15 is 0 Å². The predicted molar refractivity (Wildman–Crippen MR) is 63.3 cm³/mol. The average molecular weight is 296 g/mol. The van der Waals surface area contributed by atoms with Crippen molar-refractivity contribution in [1.29, 1.82) is 0 Å². The Hall–Kier alpha value is 0.537. The monoisotopic (exact) mass is 295 g/mol. The normalized spacial score (nSPS) is 37.0. The Labute approximate surface area is 100 Å². The van der Waals surface area contributed by atoms with Gasteiger partial charge in [-0.15, -0.1) is 0 Å². The zero-order valence-electron chi connectivity index (χ0n) is 8.91. The van der Waals surface area contributed by atoms with E-state index in [4.69, 9.17) is 13.3 Å². The molecule has 3 heterocycles. The van der Waals surface area contributed by atoms with Gasteiger partial charge in [0.05, 0.1) is 19.8 Å². The van der Waals surface area contributed by atoms with Gasteiger partial charge in [0, 0.05) is 31.0 Å². The van der Waals surface area contributed by atoms with E-state index in [1.54, 1.807) is 0 Å². The van der Waals surface area contributed by atoms with Crippen molar-refractivity contribution in [2.24, 2.45) is 0 Å². The van der Waals surface area contributed by atoms with Gasteiger partial charge in [0.25, 0.3) is 0 Å². The van der Waals surface area contributed by atoms with Crippen LogP contribution in [0.25, 0.3) is 0 Å². The standard InChI is InChI=1S/C9H18BrNO3Si/c10-2-1-9-15-12-6-3-11(4-7-13-15)5-8-14-15/h1-9H2. The molecule has 0 aromatic rings. The molecule has 2 bridgehead atoms. The third-order valence-corrected chi connectivity index (χ3v) is 6.26. The van der Waals surface area contributed by atoms with Crippen molar-refractivity contribution in [1.82, 2.24) is 4.90 Å². The summed E-state index contributed by atoms with van der Waals surface area (Å²) >= 11 is 3.44. The Morgan fingerprint density at radius 1 is 1.00 bits per heavy atom. The van der Waals surface area contributed by atoms with Crippen molar-refractivity contribution in [3.8, 4) is 0 Å². The topological polar surface area (TPSA) is 30.9 Å². The molecule has 6 heteroatoms. The third kappa shape index (κ3) is 3.24. The molecule has 0 saturated carbocycles. The highest BCUT2D eigenvalue weighted by molar-refractivity contribution is 9.09. The second kappa shape index (κ2) is 5.74. The molecule has 0 spiro atoms. The molecule has 3 saturated heterocycles. The van der Waals surface area contributed by atoms with Gasteiger partial charge in [-0.25, -0.2) is 0 Å². The van der Waals surface area contributed by atoms with Crippen LogP contribution in [0.5, 0.6) is 0 Å². The fourth-order valence-corrected chi connectivity index (χ4v) is 5.25. The van der Waals surface area contributed by atoms with Gasteiger partial charge in [0.15, 0.2) is 0 Å². The van der Waals surface area contributed by atoms with E-state index < -0.39 is 8.80 Å². The maximum absolute atomic E-state index is 5.88. The van der Waals surface area contributed by atoms with Crippen molar-refractivity contribution in [3.05, 3.63) is 0 Å². The summed E-state index contributed by atoms with van der Waals surface area (Å²) in [6, 6.07) is 0.943. The zero-order valence-corrected chi connectivity index (χ0v) is 11.5. The van der Waals surface area contributed by atoms with Gasteiger partial charge in [0.1, 0.15) is 0 Å². The largest absolute Gasteiger partial charge is 0.501 e. The number of rotatable bonds is 3. The van der Waals surface area contributed by atoms with Gasteiger partial charge in [-0.3, -0.25) is 4.90 Å². The van der Waals surface area contributed by atoms with Crippen molar-refractivity contribution < 1.29 is 13.3 Å². The summed E-state index contributed by atoms with van der Waals surface area (Å²) in [4.78, 5) is 2.34. The lowest BCUT2D eigenvalue weighted by molar-refractivity contribution is -0.00827. The third-order valence-electron chi connectivity index (χ3n) is 2.81. The summed E-state index contributed by atoms with van der Waals surface area (Å²) in [6.45, 7) is 5.35. The molecule has 0 aromatic carbocycles. The second-order valence-electron chi connectivity index (χ2n) is 3.86. The first-order valence-electron chi connectivity index (χ1n) is 5.55. The average Bonchev–Trinajstić information content (AvgIpc) is 2.14. The highest BCUT2D eigenvalue weighted by atomic mass is 79.9. The van der Waals surface area contributed by atoms with Gasteiger partial charge in [-0.1, -0.05) is 15.9 Å². The molecule has 3 aliphatic rings. The lowest BCUT2D eigenvalue weighted by Gasteiger charge is -2.38. The van der Waals surface area contributed by atoms with Gasteiger partial charge in [-0.05, 0) is 6.42 Å². The Balaban J connectivity index is 1.98. The molecule has 3 rings (SSSR count). The Morgan fingerprint density at radius 2 is 1.53 bits per heavy atom. The van der Waals surface area contributed by atoms with Crippen LogP contribution >= 0.6 is 15.9 Å². The number of nitrogens with zero attached hydrogens (tertiary/aromatic N) is 1. The first-order chi connectivity index (χ1) is 7.35. The van der Waals surface area contributed by atoms with E-state index in [2.05, 4.69) is 20.8 Å². The van der Waals surface area contributed by atoms with Crippen LogP contribution in [-0.2, 0) is 13.3 Å². The Bertz CT molecular complexity index is 175. The molecule has 3 fully saturated rings. The maximum atomic E-state index is 5.88. The first kappa shape index (κ1) is 12.0. The summed E-state index contributed by atoms with van der Waals surface area (Å²) in [6.07, 6.45) is 1.07. The van der Waals surface area contributed by atoms with E-state index in [0.29, 0.717) is 0 Å². The van der Waals surface area contributed by atoms with Crippen molar-refractivity contribution >= 4 is 24.7 Å². The van der Waals surface area contributed by atoms with E-state index in [0.717, 1.165) is 57.2 Å². The molecule has 0 aromatic heterocycles. The predicted octanol–water partition coefficient (Wildman–Crippen LogP) is 1.09. The van der Waals surface area contributed by atoms with E-state index in [1.165, 1.54) is 0 Å². The van der Waals surface area contributed by atoms with Crippen LogP contribution in [0, 0.1) is 0 Å². The summed E-state index contributed by atoms with van der Waals surface area (Å²) < 4.78 is 17.6. The van der Waals surface area contributed by atoms with Crippen LogP contribution in [0.3, 0.4) is 0 Å². The van der Waals surface area contributed by atoms with E-state index in [9.17, 15) is 0 Å². The molecule has 0 amide bonds. The van der Waals surface area contributed by atoms with Crippen LogP contribution in [0.15, 0.2) is 0 Å². The lowest BCUT2D eigenvalue weighted by Crippen LogP contribution is -2.55. The quantitative estimate of drug-likeness (QED) is 0.576. The van der Waals surface area contributed by atoms with Gasteiger partial charge in [-0.2, -0.15) is 0 Å². The van der Waals surface area contributed by atoms with Crippen molar-refractivity contribution in [3.63, 3.8) is 0 Å². The Kier molecular flexibility index (Phi) is 4.60. The number of alkyl halides is 1. The SMILES string of the molecule is BrCCC[Si]12OCCN(CCO1)CCO2. The van der Waals surface area contributed by atoms with Gasteiger partial charge < -0.3 is 13.3 Å². The molecule has 0 aliphatic carbocycles. The van der Waals surface area contributed by atoms with Gasteiger partial charge in [0.2, 0.25) is 0 Å². The molecule has 88 valence electrons. The number of hydrogen-bond acceptors (Lipinski definition) is 4. The minimum absolute atomic E-state index is 0.758. The van der Waals surface area contributed by atoms with Crippen LogP contribution in [0.2, 0.25) is 6.04 Å². The fraction of sp³-hybridized carbons (Fsp3) is 1.00. The lowest BCUT2D eigenvalue weighted by atomic mass is 10.4. The minimum atomic E-state index is -2.30. The molecule has 4 nitrogen and oxygen atoms in total. The molecule has 0 radical (unpaired) electrons. The maximum Gasteiger partial charge on any atom is 0.501 e. The fourth-order valence-electron chi connectivity index (χ4n) is 1.95. The number of halogens is 1. The van der Waals surface area contributed by atoms with Crippen LogP contribution in [0.1, 0.15) is 6.42 Å². The summed E-state index contributed by atoms with van der Waals surface area (Å²) in [5.74, 6) is 0. The van der Waals surface area contributed by atoms with E-state index in [1.807, 2.05) is 0 Å². The Morgan fingerprint density at radius 3 is 2.00 bits per heavy atom. The van der Waals surface area contributed by atoms with Crippen LogP contribution in [-0.4, -0.2) is 58.5 Å². The van der Waals surface area contributed by atoms with Gasteiger partial charge >= 0.3 is 8.80 Å². The van der Waals surface area contributed by atoms with E-state index in [-0.39, 0.29) is 0 Å². The summed E-state index contributed by atoms with van der Waals surface area (Å²) in [7, 11) is -2.30. The highest BCUT2D eigenvalue weighted by Crippen LogP contribution is 2.22. The molecule has 0 N–H and O–H groups in total. The van der Waals surface area contributed by atoms with Crippen molar-refractivity contribution in [2.75, 3.05) is 44.8 Å². The van der Waals surface area contributed by atoms with Crippen molar-refractivity contribution in [2.45, 2.75) is 12.5 Å².